The Bertz CT molecular complexity index is 1030. The van der Waals surface area contributed by atoms with Gasteiger partial charge in [0, 0.05) is 26.2 Å². The third kappa shape index (κ3) is 6.05. The fraction of sp³-hybridized carbons (Fsp3) is 0.321. The average molecular weight is 477 g/mol. The average Bonchev–Trinajstić information content (AvgIpc) is 2.93. The molecule has 1 heterocycles. The van der Waals surface area contributed by atoms with Crippen molar-refractivity contribution < 1.29 is 23.7 Å². The van der Waals surface area contributed by atoms with E-state index >= 15 is 0 Å². The minimum absolute atomic E-state index is 0.00841. The predicted molar refractivity (Wildman–Crippen MR) is 134 cm³/mol. The largest absolute Gasteiger partial charge is 0.497 e. The zero-order chi connectivity index (χ0) is 24.6. The molecule has 7 nitrogen and oxygen atoms in total. The van der Waals surface area contributed by atoms with E-state index in [-0.39, 0.29) is 18.6 Å². The van der Waals surface area contributed by atoms with E-state index in [1.54, 1.807) is 33.5 Å². The molecular weight excluding hydrogens is 444 g/mol. The van der Waals surface area contributed by atoms with Crippen molar-refractivity contribution in [2.75, 3.05) is 54.1 Å². The van der Waals surface area contributed by atoms with Crippen molar-refractivity contribution in [2.24, 2.45) is 0 Å². The maximum Gasteiger partial charge on any atom is 0.260 e. The summed E-state index contributed by atoms with van der Waals surface area (Å²) in [4.78, 5) is 17.1. The van der Waals surface area contributed by atoms with Crippen LogP contribution in [0.1, 0.15) is 17.2 Å². The van der Waals surface area contributed by atoms with Gasteiger partial charge in [-0.25, -0.2) is 0 Å². The molecule has 0 N–H and O–H groups in total. The van der Waals surface area contributed by atoms with E-state index in [1.807, 2.05) is 41.3 Å². The van der Waals surface area contributed by atoms with Crippen LogP contribution in [0.3, 0.4) is 0 Å². The van der Waals surface area contributed by atoms with E-state index < -0.39 is 0 Å². The van der Waals surface area contributed by atoms with Crippen LogP contribution in [-0.4, -0.2) is 69.8 Å². The first kappa shape index (κ1) is 24.4. The lowest BCUT2D eigenvalue weighted by atomic mass is 9.96. The van der Waals surface area contributed by atoms with Gasteiger partial charge in [0.25, 0.3) is 5.91 Å². The molecule has 1 aliphatic rings. The van der Waals surface area contributed by atoms with Crippen molar-refractivity contribution in [3.05, 3.63) is 83.9 Å². The van der Waals surface area contributed by atoms with Gasteiger partial charge in [-0.05, 0) is 59.7 Å². The molecule has 1 aliphatic heterocycles. The number of carbonyl (C=O) groups excluding carboxylic acids is 1. The second-order valence-electron chi connectivity index (χ2n) is 8.33. The quantitative estimate of drug-likeness (QED) is 0.465. The summed E-state index contributed by atoms with van der Waals surface area (Å²) in [6.45, 7) is 2.84. The molecule has 1 amide bonds. The Morgan fingerprint density at radius 2 is 1.06 bits per heavy atom. The number of ether oxygens (including phenoxy) is 4. The minimum atomic E-state index is -0.00841. The lowest BCUT2D eigenvalue weighted by Crippen LogP contribution is -2.51. The molecule has 0 radical (unpaired) electrons. The maximum absolute atomic E-state index is 12.8. The smallest absolute Gasteiger partial charge is 0.260 e. The molecule has 0 bridgehead atoms. The van der Waals surface area contributed by atoms with Gasteiger partial charge >= 0.3 is 0 Å². The zero-order valence-electron chi connectivity index (χ0n) is 20.5. The molecule has 0 aromatic heterocycles. The van der Waals surface area contributed by atoms with Crippen molar-refractivity contribution in [1.29, 1.82) is 0 Å². The summed E-state index contributed by atoms with van der Waals surface area (Å²) in [6, 6.07) is 23.7. The highest BCUT2D eigenvalue weighted by Gasteiger charge is 2.28. The van der Waals surface area contributed by atoms with Gasteiger partial charge in [0.15, 0.2) is 6.61 Å². The summed E-state index contributed by atoms with van der Waals surface area (Å²) < 4.78 is 21.5. The van der Waals surface area contributed by atoms with Gasteiger partial charge in [-0.2, -0.15) is 0 Å². The summed E-state index contributed by atoms with van der Waals surface area (Å²) >= 11 is 0. The second kappa shape index (κ2) is 11.6. The molecule has 35 heavy (non-hydrogen) atoms. The van der Waals surface area contributed by atoms with Crippen LogP contribution >= 0.6 is 0 Å². The molecule has 184 valence electrons. The van der Waals surface area contributed by atoms with Crippen LogP contribution in [0.5, 0.6) is 23.0 Å². The van der Waals surface area contributed by atoms with Crippen molar-refractivity contribution >= 4 is 5.91 Å². The molecule has 0 unspecified atom stereocenters. The highest BCUT2D eigenvalue weighted by Crippen LogP contribution is 2.32. The van der Waals surface area contributed by atoms with Crippen LogP contribution in [0.15, 0.2) is 72.8 Å². The molecule has 0 spiro atoms. The van der Waals surface area contributed by atoms with E-state index in [4.69, 9.17) is 18.9 Å². The Hall–Kier alpha value is -3.71. The van der Waals surface area contributed by atoms with Crippen molar-refractivity contribution in [3.8, 4) is 23.0 Å². The Labute approximate surface area is 206 Å². The van der Waals surface area contributed by atoms with Gasteiger partial charge in [-0.15, -0.1) is 0 Å². The third-order valence-electron chi connectivity index (χ3n) is 6.32. The number of amides is 1. The Balaban J connectivity index is 1.41. The van der Waals surface area contributed by atoms with E-state index in [1.165, 1.54) is 11.1 Å². The molecule has 3 aromatic carbocycles. The first-order chi connectivity index (χ1) is 17.1. The highest BCUT2D eigenvalue weighted by atomic mass is 16.5. The topological polar surface area (TPSA) is 60.5 Å². The van der Waals surface area contributed by atoms with E-state index in [2.05, 4.69) is 29.2 Å². The lowest BCUT2D eigenvalue weighted by molar-refractivity contribution is -0.135. The summed E-state index contributed by atoms with van der Waals surface area (Å²) in [5.74, 6) is 3.05. The number of rotatable bonds is 9. The van der Waals surface area contributed by atoms with Crippen LogP contribution in [0.25, 0.3) is 0 Å². The van der Waals surface area contributed by atoms with Crippen LogP contribution in [0, 0.1) is 0 Å². The molecule has 0 aliphatic carbocycles. The maximum atomic E-state index is 12.8. The normalized spacial score (nSPS) is 14.0. The minimum Gasteiger partial charge on any atom is -0.497 e. The Morgan fingerprint density at radius 1 is 0.657 bits per heavy atom. The van der Waals surface area contributed by atoms with E-state index in [9.17, 15) is 4.79 Å². The van der Waals surface area contributed by atoms with E-state index in [0.717, 1.165) is 30.3 Å². The van der Waals surface area contributed by atoms with Crippen LogP contribution in [0.2, 0.25) is 0 Å². The number of hydrogen-bond acceptors (Lipinski definition) is 6. The van der Waals surface area contributed by atoms with Crippen molar-refractivity contribution in [3.63, 3.8) is 0 Å². The number of benzene rings is 3. The standard InChI is InChI=1S/C28H32N2O5/c1-32-23-8-4-21(5-9-23)28(22-6-10-24(33-2)11-7-22)30-18-16-29(17-19-30)27(31)20-35-26-14-12-25(34-3)13-15-26/h4-15,28H,16-20H2,1-3H3. The van der Waals surface area contributed by atoms with Gasteiger partial charge in [0.2, 0.25) is 0 Å². The molecule has 1 fully saturated rings. The monoisotopic (exact) mass is 476 g/mol. The first-order valence-corrected chi connectivity index (χ1v) is 11.7. The summed E-state index contributed by atoms with van der Waals surface area (Å²) in [5.41, 5.74) is 2.36. The molecule has 4 rings (SSSR count). The number of hydrogen-bond donors (Lipinski definition) is 0. The highest BCUT2D eigenvalue weighted by molar-refractivity contribution is 5.77. The summed E-state index contributed by atoms with van der Waals surface area (Å²) in [7, 11) is 4.96. The number of piperazine rings is 1. The fourth-order valence-electron chi connectivity index (χ4n) is 4.32. The van der Waals surface area contributed by atoms with E-state index in [0.29, 0.717) is 18.8 Å². The molecule has 3 aromatic rings. The SMILES string of the molecule is COc1ccc(OCC(=O)N2CCN(C(c3ccc(OC)cc3)c3ccc(OC)cc3)CC2)cc1. The second-order valence-corrected chi connectivity index (χ2v) is 8.33. The fourth-order valence-corrected chi connectivity index (χ4v) is 4.32. The molecule has 0 atom stereocenters. The van der Waals surface area contributed by atoms with Crippen LogP contribution in [0.4, 0.5) is 0 Å². The zero-order valence-corrected chi connectivity index (χ0v) is 20.5. The summed E-state index contributed by atoms with van der Waals surface area (Å²) in [6.07, 6.45) is 0. The van der Waals surface area contributed by atoms with Gasteiger partial charge in [0.1, 0.15) is 23.0 Å². The van der Waals surface area contributed by atoms with Crippen molar-refractivity contribution in [2.45, 2.75) is 6.04 Å². The molecule has 1 saturated heterocycles. The Kier molecular flexibility index (Phi) is 8.11. The van der Waals surface area contributed by atoms with Gasteiger partial charge in [-0.1, -0.05) is 24.3 Å². The van der Waals surface area contributed by atoms with Crippen LogP contribution < -0.4 is 18.9 Å². The number of methoxy groups -OCH3 is 3. The third-order valence-corrected chi connectivity index (χ3v) is 6.32. The summed E-state index contributed by atoms with van der Waals surface area (Å²) in [5, 5.41) is 0. The van der Waals surface area contributed by atoms with Gasteiger partial charge < -0.3 is 23.8 Å². The molecule has 7 heteroatoms. The molecule has 0 saturated carbocycles. The molecular formula is C28H32N2O5. The number of nitrogens with zero attached hydrogens (tertiary/aromatic N) is 2. The van der Waals surface area contributed by atoms with Crippen LogP contribution in [-0.2, 0) is 4.79 Å². The first-order valence-electron chi connectivity index (χ1n) is 11.7. The van der Waals surface area contributed by atoms with Crippen molar-refractivity contribution in [1.82, 2.24) is 9.80 Å². The lowest BCUT2D eigenvalue weighted by Gasteiger charge is -2.39. The van der Waals surface area contributed by atoms with Gasteiger partial charge in [0.05, 0.1) is 27.4 Å². The number of carbonyl (C=O) groups is 1. The predicted octanol–water partition coefficient (Wildman–Crippen LogP) is 4.03. The Morgan fingerprint density at radius 3 is 1.49 bits per heavy atom. The van der Waals surface area contributed by atoms with Gasteiger partial charge in [-0.3, -0.25) is 9.69 Å².